The number of para-hydroxylation sites is 1. The molecule has 1 aliphatic heterocycles. The number of phenols is 1. The number of nitrogens with zero attached hydrogens (tertiary/aromatic N) is 1. The van der Waals surface area contributed by atoms with Crippen LogP contribution >= 0.6 is 0 Å². The Morgan fingerprint density at radius 3 is 2.32 bits per heavy atom. The molecule has 1 amide bonds. The number of benzene rings is 2. The van der Waals surface area contributed by atoms with Crippen LogP contribution in [0.3, 0.4) is 0 Å². The van der Waals surface area contributed by atoms with Gasteiger partial charge in [-0.3, -0.25) is 4.79 Å². The van der Waals surface area contributed by atoms with Crippen molar-refractivity contribution in [2.45, 2.75) is 18.8 Å². The second-order valence-electron chi connectivity index (χ2n) is 5.63. The zero-order valence-electron chi connectivity index (χ0n) is 12.2. The van der Waals surface area contributed by atoms with Crippen molar-refractivity contribution in [2.24, 2.45) is 0 Å². The second-order valence-corrected chi connectivity index (χ2v) is 5.63. The maximum absolute atomic E-state index is 12.9. The van der Waals surface area contributed by atoms with Crippen molar-refractivity contribution in [1.29, 1.82) is 0 Å². The molecule has 0 spiro atoms. The summed E-state index contributed by atoms with van der Waals surface area (Å²) in [6.45, 7) is 1.30. The SMILES string of the molecule is O=C(c1ccc(F)cc1)N1CCC(c2ccccc2O)CC1. The fraction of sp³-hybridized carbons (Fsp3) is 0.278. The van der Waals surface area contributed by atoms with Crippen molar-refractivity contribution >= 4 is 5.91 Å². The average Bonchev–Trinajstić information content (AvgIpc) is 2.56. The van der Waals surface area contributed by atoms with E-state index in [1.807, 2.05) is 18.2 Å². The van der Waals surface area contributed by atoms with Gasteiger partial charge in [0.1, 0.15) is 11.6 Å². The normalized spacial score (nSPS) is 15.8. The second kappa shape index (κ2) is 6.18. The van der Waals surface area contributed by atoms with E-state index >= 15 is 0 Å². The quantitative estimate of drug-likeness (QED) is 0.921. The third-order valence-corrected chi connectivity index (χ3v) is 4.25. The molecule has 3 nitrogen and oxygen atoms in total. The van der Waals surface area contributed by atoms with E-state index < -0.39 is 0 Å². The first-order chi connectivity index (χ1) is 10.6. The van der Waals surface area contributed by atoms with Crippen LogP contribution in [0.15, 0.2) is 48.5 Å². The molecule has 0 aromatic heterocycles. The maximum Gasteiger partial charge on any atom is 0.253 e. The maximum atomic E-state index is 12.9. The Kier molecular flexibility index (Phi) is 4.09. The number of likely N-dealkylation sites (tertiary alicyclic amines) is 1. The zero-order valence-corrected chi connectivity index (χ0v) is 12.2. The van der Waals surface area contributed by atoms with Crippen molar-refractivity contribution in [3.05, 3.63) is 65.5 Å². The Morgan fingerprint density at radius 2 is 1.68 bits per heavy atom. The van der Waals surface area contributed by atoms with Gasteiger partial charge in [-0.1, -0.05) is 18.2 Å². The third-order valence-electron chi connectivity index (χ3n) is 4.25. The fourth-order valence-corrected chi connectivity index (χ4v) is 3.00. The Hall–Kier alpha value is -2.36. The standard InChI is InChI=1S/C18H18FNO2/c19-15-7-5-14(6-8-15)18(22)20-11-9-13(10-12-20)16-3-1-2-4-17(16)21/h1-8,13,21H,9-12H2. The van der Waals surface area contributed by atoms with E-state index in [0.29, 0.717) is 24.4 Å². The molecule has 0 radical (unpaired) electrons. The Morgan fingerprint density at radius 1 is 1.05 bits per heavy atom. The van der Waals surface area contributed by atoms with E-state index in [4.69, 9.17) is 0 Å². The molecule has 1 saturated heterocycles. The summed E-state index contributed by atoms with van der Waals surface area (Å²) in [6.07, 6.45) is 1.65. The first kappa shape index (κ1) is 14.6. The van der Waals surface area contributed by atoms with E-state index in [-0.39, 0.29) is 17.6 Å². The summed E-state index contributed by atoms with van der Waals surface area (Å²) in [5.41, 5.74) is 1.47. The van der Waals surface area contributed by atoms with E-state index in [9.17, 15) is 14.3 Å². The number of piperidine rings is 1. The molecular weight excluding hydrogens is 281 g/mol. The third kappa shape index (κ3) is 2.96. The minimum Gasteiger partial charge on any atom is -0.508 e. The molecule has 114 valence electrons. The highest BCUT2D eigenvalue weighted by molar-refractivity contribution is 5.94. The summed E-state index contributed by atoms with van der Waals surface area (Å²) in [6, 6.07) is 13.0. The molecule has 4 heteroatoms. The van der Waals surface area contributed by atoms with Crippen LogP contribution in [-0.2, 0) is 0 Å². The van der Waals surface area contributed by atoms with Crippen molar-refractivity contribution < 1.29 is 14.3 Å². The largest absolute Gasteiger partial charge is 0.508 e. The molecule has 22 heavy (non-hydrogen) atoms. The molecule has 0 atom stereocenters. The van der Waals surface area contributed by atoms with Gasteiger partial charge >= 0.3 is 0 Å². The Bertz CT molecular complexity index is 661. The lowest BCUT2D eigenvalue weighted by molar-refractivity contribution is 0.0712. The summed E-state index contributed by atoms with van der Waals surface area (Å²) in [5.74, 6) is 0.204. The fourth-order valence-electron chi connectivity index (χ4n) is 3.00. The molecule has 0 saturated carbocycles. The summed E-state index contributed by atoms with van der Waals surface area (Å²) < 4.78 is 12.9. The number of rotatable bonds is 2. The summed E-state index contributed by atoms with van der Waals surface area (Å²) >= 11 is 0. The Balaban J connectivity index is 1.65. The van der Waals surface area contributed by atoms with Crippen molar-refractivity contribution in [3.8, 4) is 5.75 Å². The molecule has 0 bridgehead atoms. The van der Waals surface area contributed by atoms with Crippen molar-refractivity contribution in [1.82, 2.24) is 4.90 Å². The zero-order chi connectivity index (χ0) is 15.5. The van der Waals surface area contributed by atoms with Crippen LogP contribution in [0.4, 0.5) is 4.39 Å². The van der Waals surface area contributed by atoms with Gasteiger partial charge in [-0.25, -0.2) is 4.39 Å². The van der Waals surface area contributed by atoms with Crippen molar-refractivity contribution in [2.75, 3.05) is 13.1 Å². The lowest BCUT2D eigenvalue weighted by Crippen LogP contribution is -2.37. The first-order valence-electron chi connectivity index (χ1n) is 7.48. The smallest absolute Gasteiger partial charge is 0.253 e. The number of phenolic OH excluding ortho intramolecular Hbond substituents is 1. The predicted octanol–water partition coefficient (Wildman–Crippen LogP) is 3.55. The Labute approximate surface area is 129 Å². The summed E-state index contributed by atoms with van der Waals surface area (Å²) in [5, 5.41) is 9.93. The molecule has 0 aliphatic carbocycles. The first-order valence-corrected chi connectivity index (χ1v) is 7.48. The van der Waals surface area contributed by atoms with Gasteiger partial charge in [-0.05, 0) is 54.7 Å². The van der Waals surface area contributed by atoms with Crippen LogP contribution < -0.4 is 0 Å². The van der Waals surface area contributed by atoms with Gasteiger partial charge in [-0.15, -0.1) is 0 Å². The number of carbonyl (C=O) groups excluding carboxylic acids is 1. The molecule has 2 aromatic rings. The molecule has 2 aromatic carbocycles. The van der Waals surface area contributed by atoms with E-state index in [1.54, 1.807) is 11.0 Å². The van der Waals surface area contributed by atoms with Gasteiger partial charge in [0.15, 0.2) is 0 Å². The predicted molar refractivity (Wildman–Crippen MR) is 82.4 cm³/mol. The number of halogens is 1. The molecule has 1 heterocycles. The lowest BCUT2D eigenvalue weighted by Gasteiger charge is -2.32. The highest BCUT2D eigenvalue weighted by Crippen LogP contribution is 2.33. The molecule has 1 aliphatic rings. The van der Waals surface area contributed by atoms with Crippen LogP contribution in [0.2, 0.25) is 0 Å². The van der Waals surface area contributed by atoms with Gasteiger partial charge in [0.05, 0.1) is 0 Å². The molecule has 1 N–H and O–H groups in total. The monoisotopic (exact) mass is 299 g/mol. The van der Waals surface area contributed by atoms with E-state index in [2.05, 4.69) is 0 Å². The molecule has 3 rings (SSSR count). The van der Waals surface area contributed by atoms with Crippen LogP contribution in [0.1, 0.15) is 34.7 Å². The summed E-state index contributed by atoms with van der Waals surface area (Å²) in [4.78, 5) is 14.2. The van der Waals surface area contributed by atoms with Gasteiger partial charge in [-0.2, -0.15) is 0 Å². The van der Waals surface area contributed by atoms with Crippen LogP contribution in [-0.4, -0.2) is 29.0 Å². The van der Waals surface area contributed by atoms with Gasteiger partial charge < -0.3 is 10.0 Å². The minimum absolute atomic E-state index is 0.0595. The molecular formula is C18H18FNO2. The van der Waals surface area contributed by atoms with Crippen LogP contribution in [0, 0.1) is 5.82 Å². The number of aromatic hydroxyl groups is 1. The number of amides is 1. The molecule has 1 fully saturated rings. The highest BCUT2D eigenvalue weighted by Gasteiger charge is 2.25. The van der Waals surface area contributed by atoms with Crippen molar-refractivity contribution in [3.63, 3.8) is 0 Å². The van der Waals surface area contributed by atoms with E-state index in [1.165, 1.54) is 24.3 Å². The van der Waals surface area contributed by atoms with E-state index in [0.717, 1.165) is 18.4 Å². The topological polar surface area (TPSA) is 40.5 Å². The number of carbonyl (C=O) groups is 1. The minimum atomic E-state index is -0.338. The summed E-state index contributed by atoms with van der Waals surface area (Å²) in [7, 11) is 0. The van der Waals surface area contributed by atoms with Gasteiger partial charge in [0.2, 0.25) is 0 Å². The highest BCUT2D eigenvalue weighted by atomic mass is 19.1. The average molecular weight is 299 g/mol. The van der Waals surface area contributed by atoms with Crippen LogP contribution in [0.25, 0.3) is 0 Å². The number of hydrogen-bond donors (Lipinski definition) is 1. The molecule has 0 unspecified atom stereocenters. The number of hydrogen-bond acceptors (Lipinski definition) is 2. The van der Waals surface area contributed by atoms with Gasteiger partial charge in [0.25, 0.3) is 5.91 Å². The lowest BCUT2D eigenvalue weighted by atomic mass is 9.88. The van der Waals surface area contributed by atoms with Crippen LogP contribution in [0.5, 0.6) is 5.75 Å². The van der Waals surface area contributed by atoms with Gasteiger partial charge in [0, 0.05) is 18.7 Å².